The zero-order valence-corrected chi connectivity index (χ0v) is 13.4. The zero-order chi connectivity index (χ0) is 17.1. The van der Waals surface area contributed by atoms with E-state index in [2.05, 4.69) is 0 Å². The molecule has 0 aromatic heterocycles. The molecule has 0 bridgehead atoms. The molecule has 2 aromatic carbocycles. The Hall–Kier alpha value is -2.66. The molecule has 5 heteroatoms. The predicted octanol–water partition coefficient (Wildman–Crippen LogP) is 3.05. The quantitative estimate of drug-likeness (QED) is 0.938. The Morgan fingerprint density at radius 2 is 2.00 bits per heavy atom. The molecule has 0 saturated carbocycles. The minimum atomic E-state index is -1.01. The van der Waals surface area contributed by atoms with E-state index in [4.69, 9.17) is 9.84 Å². The summed E-state index contributed by atoms with van der Waals surface area (Å²) < 4.78 is 5.74. The zero-order valence-electron chi connectivity index (χ0n) is 13.4. The number of carboxylic acids is 1. The first kappa shape index (κ1) is 16.2. The monoisotopic (exact) mass is 325 g/mol. The Labute approximate surface area is 140 Å². The molecule has 24 heavy (non-hydrogen) atoms. The third kappa shape index (κ3) is 3.03. The highest BCUT2D eigenvalue weighted by Gasteiger charge is 2.31. The van der Waals surface area contributed by atoms with E-state index >= 15 is 0 Å². The molecule has 1 aliphatic heterocycles. The highest BCUT2D eigenvalue weighted by molar-refractivity contribution is 5.98. The van der Waals surface area contributed by atoms with Gasteiger partial charge in [-0.15, -0.1) is 0 Å². The summed E-state index contributed by atoms with van der Waals surface area (Å²) in [6, 6.07) is 14.2. The lowest BCUT2D eigenvalue weighted by molar-refractivity contribution is -0.131. The molecule has 1 N–H and O–H groups in total. The van der Waals surface area contributed by atoms with Crippen molar-refractivity contribution < 1.29 is 19.4 Å². The molecule has 1 heterocycles. The second-order valence-electron chi connectivity index (χ2n) is 5.64. The van der Waals surface area contributed by atoms with Crippen LogP contribution in [0.15, 0.2) is 48.5 Å². The maximum Gasteiger partial charge on any atom is 0.335 e. The molecule has 2 aromatic rings. The van der Waals surface area contributed by atoms with Gasteiger partial charge in [0.1, 0.15) is 0 Å². The summed E-state index contributed by atoms with van der Waals surface area (Å²) in [6.45, 7) is 2.80. The van der Waals surface area contributed by atoms with E-state index in [-0.39, 0.29) is 11.5 Å². The fourth-order valence-corrected chi connectivity index (χ4v) is 3.01. The third-order valence-electron chi connectivity index (χ3n) is 4.20. The van der Waals surface area contributed by atoms with Gasteiger partial charge in [-0.2, -0.15) is 0 Å². The Kier molecular flexibility index (Phi) is 4.62. The standard InChI is InChI=1S/C19H19NO4/c1-2-20(15-8-5-7-14(12-15)19(22)23)18(21)17-16-9-4-3-6-13(16)10-11-24-17/h3-9,12,17H,2,10-11H2,1H3,(H,22,23). The number of likely N-dealkylation sites (N-methyl/N-ethyl adjacent to an activating group) is 1. The molecular formula is C19H19NO4. The molecule has 0 radical (unpaired) electrons. The first-order chi connectivity index (χ1) is 11.6. The number of carboxylic acid groups (broad SMARTS) is 1. The van der Waals surface area contributed by atoms with Crippen LogP contribution in [0.3, 0.4) is 0 Å². The van der Waals surface area contributed by atoms with Crippen molar-refractivity contribution in [3.05, 3.63) is 65.2 Å². The SMILES string of the molecule is CCN(C(=O)C1OCCc2ccccc21)c1cccc(C(=O)O)c1. The van der Waals surface area contributed by atoms with Crippen LogP contribution in [0.25, 0.3) is 0 Å². The van der Waals surface area contributed by atoms with Crippen LogP contribution >= 0.6 is 0 Å². The fourth-order valence-electron chi connectivity index (χ4n) is 3.01. The van der Waals surface area contributed by atoms with Crippen LogP contribution in [0, 0.1) is 0 Å². The summed E-state index contributed by atoms with van der Waals surface area (Å²) in [5.74, 6) is -1.19. The van der Waals surface area contributed by atoms with E-state index in [0.29, 0.717) is 18.8 Å². The van der Waals surface area contributed by atoms with Crippen molar-refractivity contribution in [2.75, 3.05) is 18.1 Å². The van der Waals surface area contributed by atoms with Gasteiger partial charge < -0.3 is 14.7 Å². The number of hydrogen-bond donors (Lipinski definition) is 1. The van der Waals surface area contributed by atoms with Crippen LogP contribution in [0.5, 0.6) is 0 Å². The molecule has 1 amide bonds. The number of rotatable bonds is 4. The van der Waals surface area contributed by atoms with Gasteiger partial charge in [0.2, 0.25) is 0 Å². The lowest BCUT2D eigenvalue weighted by Gasteiger charge is -2.30. The van der Waals surface area contributed by atoms with Gasteiger partial charge in [-0.3, -0.25) is 4.79 Å². The Balaban J connectivity index is 1.93. The van der Waals surface area contributed by atoms with E-state index < -0.39 is 12.1 Å². The molecule has 1 unspecified atom stereocenters. The Bertz CT molecular complexity index is 771. The van der Waals surface area contributed by atoms with E-state index in [1.54, 1.807) is 17.0 Å². The lowest BCUT2D eigenvalue weighted by atomic mass is 9.96. The Morgan fingerprint density at radius 1 is 1.21 bits per heavy atom. The molecule has 5 nitrogen and oxygen atoms in total. The van der Waals surface area contributed by atoms with E-state index in [1.165, 1.54) is 12.1 Å². The van der Waals surface area contributed by atoms with Crippen LogP contribution in [0.2, 0.25) is 0 Å². The van der Waals surface area contributed by atoms with Crippen molar-refractivity contribution in [1.29, 1.82) is 0 Å². The molecule has 0 fully saturated rings. The first-order valence-corrected chi connectivity index (χ1v) is 7.96. The van der Waals surface area contributed by atoms with Crippen molar-refractivity contribution in [2.45, 2.75) is 19.4 Å². The smallest absolute Gasteiger partial charge is 0.335 e. The van der Waals surface area contributed by atoms with Crippen LogP contribution in [0.1, 0.15) is 34.5 Å². The van der Waals surface area contributed by atoms with Crippen molar-refractivity contribution in [3.63, 3.8) is 0 Å². The number of nitrogens with zero attached hydrogens (tertiary/aromatic N) is 1. The summed E-state index contributed by atoms with van der Waals surface area (Å²) in [6.07, 6.45) is 0.143. The van der Waals surface area contributed by atoms with E-state index in [0.717, 1.165) is 17.5 Å². The van der Waals surface area contributed by atoms with Crippen LogP contribution in [-0.2, 0) is 16.0 Å². The van der Waals surface area contributed by atoms with Gasteiger partial charge in [0, 0.05) is 12.2 Å². The fraction of sp³-hybridized carbons (Fsp3) is 0.263. The largest absolute Gasteiger partial charge is 0.478 e. The average Bonchev–Trinajstić information content (AvgIpc) is 2.62. The van der Waals surface area contributed by atoms with Gasteiger partial charge in [-0.25, -0.2) is 4.79 Å². The molecule has 3 rings (SSSR count). The number of amides is 1. The van der Waals surface area contributed by atoms with Gasteiger partial charge in [0.05, 0.1) is 12.2 Å². The number of benzene rings is 2. The predicted molar refractivity (Wildman–Crippen MR) is 90.3 cm³/mol. The lowest BCUT2D eigenvalue weighted by Crippen LogP contribution is -2.38. The number of aromatic carboxylic acids is 1. The summed E-state index contributed by atoms with van der Waals surface area (Å²) in [5, 5.41) is 9.15. The highest BCUT2D eigenvalue weighted by Crippen LogP contribution is 2.30. The number of carbonyl (C=O) groups excluding carboxylic acids is 1. The van der Waals surface area contributed by atoms with E-state index in [1.807, 2.05) is 31.2 Å². The van der Waals surface area contributed by atoms with Crippen molar-refractivity contribution in [3.8, 4) is 0 Å². The highest BCUT2D eigenvalue weighted by atomic mass is 16.5. The van der Waals surface area contributed by atoms with Gasteiger partial charge in [0.25, 0.3) is 5.91 Å². The number of carbonyl (C=O) groups is 2. The van der Waals surface area contributed by atoms with Crippen LogP contribution in [-0.4, -0.2) is 30.1 Å². The van der Waals surface area contributed by atoms with Crippen molar-refractivity contribution >= 4 is 17.6 Å². The van der Waals surface area contributed by atoms with Gasteiger partial charge in [-0.1, -0.05) is 30.3 Å². The summed E-state index contributed by atoms with van der Waals surface area (Å²) in [4.78, 5) is 25.8. The minimum absolute atomic E-state index is 0.156. The second-order valence-corrected chi connectivity index (χ2v) is 5.64. The molecule has 0 aliphatic carbocycles. The molecule has 0 saturated heterocycles. The molecular weight excluding hydrogens is 306 g/mol. The molecule has 1 atom stereocenters. The van der Waals surface area contributed by atoms with Crippen molar-refractivity contribution in [2.24, 2.45) is 0 Å². The van der Waals surface area contributed by atoms with Gasteiger partial charge in [-0.05, 0) is 42.7 Å². The Morgan fingerprint density at radius 3 is 2.75 bits per heavy atom. The minimum Gasteiger partial charge on any atom is -0.478 e. The number of ether oxygens (including phenoxy) is 1. The summed E-state index contributed by atoms with van der Waals surface area (Å²) in [5.41, 5.74) is 2.73. The van der Waals surface area contributed by atoms with Crippen molar-refractivity contribution in [1.82, 2.24) is 0 Å². The van der Waals surface area contributed by atoms with Crippen LogP contribution in [0.4, 0.5) is 5.69 Å². The summed E-state index contributed by atoms with van der Waals surface area (Å²) in [7, 11) is 0. The topological polar surface area (TPSA) is 66.8 Å². The molecule has 1 aliphatic rings. The normalized spacial score (nSPS) is 16.3. The van der Waals surface area contributed by atoms with Gasteiger partial charge in [0.15, 0.2) is 6.10 Å². The average molecular weight is 325 g/mol. The maximum absolute atomic E-state index is 13.0. The van der Waals surface area contributed by atoms with E-state index in [9.17, 15) is 9.59 Å². The number of fused-ring (bicyclic) bond motifs is 1. The van der Waals surface area contributed by atoms with Gasteiger partial charge >= 0.3 is 5.97 Å². The number of hydrogen-bond acceptors (Lipinski definition) is 3. The molecule has 0 spiro atoms. The molecule has 124 valence electrons. The van der Waals surface area contributed by atoms with Crippen LogP contribution < -0.4 is 4.90 Å². The maximum atomic E-state index is 13.0. The second kappa shape index (κ2) is 6.84. The number of anilines is 1. The third-order valence-corrected chi connectivity index (χ3v) is 4.20. The first-order valence-electron chi connectivity index (χ1n) is 7.96. The summed E-state index contributed by atoms with van der Waals surface area (Å²) >= 11 is 0.